The summed E-state index contributed by atoms with van der Waals surface area (Å²) in [7, 11) is 1.59. The van der Waals surface area contributed by atoms with Gasteiger partial charge in [0.15, 0.2) is 18.1 Å². The number of allylic oxidation sites excluding steroid dienone is 1. The van der Waals surface area contributed by atoms with Crippen LogP contribution in [0.25, 0.3) is 0 Å². The van der Waals surface area contributed by atoms with Crippen LogP contribution in [0.3, 0.4) is 0 Å². The summed E-state index contributed by atoms with van der Waals surface area (Å²) in [5.74, 6) is 0.985. The Hall–Kier alpha value is -2.75. The van der Waals surface area contributed by atoms with Crippen molar-refractivity contribution >= 4 is 11.6 Å². The van der Waals surface area contributed by atoms with Crippen LogP contribution >= 0.6 is 0 Å². The first-order valence-electron chi connectivity index (χ1n) is 8.52. The molecule has 1 amide bonds. The van der Waals surface area contributed by atoms with Gasteiger partial charge in [-0.3, -0.25) is 4.79 Å². The Bertz CT molecular complexity index is 783. The number of amides is 1. The first-order chi connectivity index (χ1) is 12.2. The van der Waals surface area contributed by atoms with E-state index in [1.807, 2.05) is 30.3 Å². The minimum atomic E-state index is -0.185. The Balaban J connectivity index is 1.59. The maximum absolute atomic E-state index is 12.2. The maximum Gasteiger partial charge on any atom is 0.262 e. The number of carbonyl (C=O) groups excluding carboxylic acids is 1. The minimum absolute atomic E-state index is 0.0613. The summed E-state index contributed by atoms with van der Waals surface area (Å²) in [6, 6.07) is 11.8. The van der Waals surface area contributed by atoms with E-state index in [2.05, 4.69) is 24.0 Å². The van der Waals surface area contributed by atoms with Gasteiger partial charge >= 0.3 is 0 Å². The molecule has 4 heteroatoms. The lowest BCUT2D eigenvalue weighted by atomic mass is 10.1. The zero-order chi connectivity index (χ0) is 17.6. The van der Waals surface area contributed by atoms with Crippen molar-refractivity contribution in [2.45, 2.75) is 25.7 Å². The third kappa shape index (κ3) is 4.21. The molecule has 0 saturated heterocycles. The van der Waals surface area contributed by atoms with Crippen molar-refractivity contribution in [3.05, 3.63) is 65.7 Å². The predicted octanol–water partition coefficient (Wildman–Crippen LogP) is 3.93. The summed E-state index contributed by atoms with van der Waals surface area (Å²) >= 11 is 0. The van der Waals surface area contributed by atoms with Crippen LogP contribution in [-0.4, -0.2) is 19.6 Å². The van der Waals surface area contributed by atoms with Gasteiger partial charge in [-0.25, -0.2) is 0 Å². The van der Waals surface area contributed by atoms with Gasteiger partial charge in [0.25, 0.3) is 5.91 Å². The Kier molecular flexibility index (Phi) is 5.39. The molecule has 1 aliphatic rings. The Morgan fingerprint density at radius 2 is 2.00 bits per heavy atom. The van der Waals surface area contributed by atoms with E-state index in [1.165, 1.54) is 17.5 Å². The Morgan fingerprint density at radius 1 is 1.16 bits per heavy atom. The number of nitrogens with one attached hydrogen (secondary N) is 1. The molecule has 0 unspecified atom stereocenters. The van der Waals surface area contributed by atoms with E-state index in [1.54, 1.807) is 7.11 Å². The highest BCUT2D eigenvalue weighted by Gasteiger charge is 2.13. The summed E-state index contributed by atoms with van der Waals surface area (Å²) in [4.78, 5) is 12.2. The fourth-order valence-electron chi connectivity index (χ4n) is 3.11. The first kappa shape index (κ1) is 17.1. The molecule has 130 valence electrons. The minimum Gasteiger partial charge on any atom is -0.493 e. The first-order valence-corrected chi connectivity index (χ1v) is 8.52. The maximum atomic E-state index is 12.2. The largest absolute Gasteiger partial charge is 0.493 e. The van der Waals surface area contributed by atoms with Gasteiger partial charge in [-0.05, 0) is 66.6 Å². The molecule has 0 spiro atoms. The van der Waals surface area contributed by atoms with Crippen molar-refractivity contribution in [3.63, 3.8) is 0 Å². The average Bonchev–Trinajstić information content (AvgIpc) is 3.08. The molecule has 0 aromatic heterocycles. The van der Waals surface area contributed by atoms with E-state index in [9.17, 15) is 4.79 Å². The molecule has 0 fully saturated rings. The highest BCUT2D eigenvalue weighted by Crippen LogP contribution is 2.28. The van der Waals surface area contributed by atoms with Gasteiger partial charge in [0.2, 0.25) is 0 Å². The van der Waals surface area contributed by atoms with E-state index in [0.29, 0.717) is 11.5 Å². The summed E-state index contributed by atoms with van der Waals surface area (Å²) in [5, 5.41) is 2.89. The number of ether oxygens (including phenoxy) is 2. The van der Waals surface area contributed by atoms with Crippen LogP contribution in [-0.2, 0) is 24.1 Å². The van der Waals surface area contributed by atoms with Gasteiger partial charge in [0.05, 0.1) is 7.11 Å². The molecule has 2 aromatic rings. The fraction of sp³-hybridized carbons (Fsp3) is 0.286. The zero-order valence-corrected chi connectivity index (χ0v) is 14.5. The van der Waals surface area contributed by atoms with Gasteiger partial charge < -0.3 is 14.8 Å². The van der Waals surface area contributed by atoms with Gasteiger partial charge in [-0.2, -0.15) is 0 Å². The second-order valence-electron chi connectivity index (χ2n) is 6.15. The van der Waals surface area contributed by atoms with E-state index < -0.39 is 0 Å². The quantitative estimate of drug-likeness (QED) is 0.779. The molecule has 0 heterocycles. The molecule has 2 aromatic carbocycles. The summed E-state index contributed by atoms with van der Waals surface area (Å²) in [5.41, 5.74) is 4.63. The monoisotopic (exact) mass is 337 g/mol. The average molecular weight is 337 g/mol. The van der Waals surface area contributed by atoms with Crippen LogP contribution in [0.5, 0.6) is 11.5 Å². The van der Waals surface area contributed by atoms with E-state index in [0.717, 1.165) is 30.5 Å². The van der Waals surface area contributed by atoms with Crippen LogP contribution in [0.2, 0.25) is 0 Å². The van der Waals surface area contributed by atoms with Crippen molar-refractivity contribution in [2.24, 2.45) is 0 Å². The van der Waals surface area contributed by atoms with E-state index in [-0.39, 0.29) is 12.5 Å². The van der Waals surface area contributed by atoms with Crippen molar-refractivity contribution in [1.29, 1.82) is 0 Å². The van der Waals surface area contributed by atoms with Crippen molar-refractivity contribution < 1.29 is 14.3 Å². The smallest absolute Gasteiger partial charge is 0.262 e. The lowest BCUT2D eigenvalue weighted by molar-refractivity contribution is -0.118. The molecule has 0 bridgehead atoms. The second-order valence-corrected chi connectivity index (χ2v) is 6.15. The fourth-order valence-corrected chi connectivity index (χ4v) is 3.11. The highest BCUT2D eigenvalue weighted by atomic mass is 16.5. The molecule has 25 heavy (non-hydrogen) atoms. The Morgan fingerprint density at radius 3 is 2.80 bits per heavy atom. The van der Waals surface area contributed by atoms with E-state index >= 15 is 0 Å². The molecular weight excluding hydrogens is 314 g/mol. The van der Waals surface area contributed by atoms with Gasteiger partial charge in [0.1, 0.15) is 0 Å². The summed E-state index contributed by atoms with van der Waals surface area (Å²) < 4.78 is 11.0. The second kappa shape index (κ2) is 7.88. The zero-order valence-electron chi connectivity index (χ0n) is 14.5. The molecule has 0 saturated carbocycles. The van der Waals surface area contributed by atoms with Gasteiger partial charge in [-0.1, -0.05) is 18.2 Å². The van der Waals surface area contributed by atoms with Crippen LogP contribution in [0.4, 0.5) is 5.69 Å². The third-order valence-corrected chi connectivity index (χ3v) is 4.35. The van der Waals surface area contributed by atoms with Gasteiger partial charge in [0, 0.05) is 5.69 Å². The topological polar surface area (TPSA) is 47.6 Å². The molecule has 0 atom stereocenters. The summed E-state index contributed by atoms with van der Waals surface area (Å²) in [6.45, 7) is 3.67. The molecule has 3 rings (SSSR count). The highest BCUT2D eigenvalue weighted by molar-refractivity contribution is 5.92. The van der Waals surface area contributed by atoms with Crippen molar-refractivity contribution in [2.75, 3.05) is 19.0 Å². The molecule has 4 nitrogen and oxygen atoms in total. The number of rotatable bonds is 7. The number of fused-ring (bicyclic) bond motifs is 1. The number of benzene rings is 2. The van der Waals surface area contributed by atoms with Crippen LogP contribution < -0.4 is 14.8 Å². The lowest BCUT2D eigenvalue weighted by Crippen LogP contribution is -2.20. The van der Waals surface area contributed by atoms with Crippen LogP contribution in [0.15, 0.2) is 49.1 Å². The van der Waals surface area contributed by atoms with Crippen LogP contribution in [0, 0.1) is 0 Å². The number of hydrogen-bond donors (Lipinski definition) is 1. The number of carbonyl (C=O) groups is 1. The normalized spacial score (nSPS) is 12.4. The molecule has 0 radical (unpaired) electrons. The molecule has 1 aliphatic carbocycles. The lowest BCUT2D eigenvalue weighted by Gasteiger charge is -2.12. The molecule has 0 aliphatic heterocycles. The summed E-state index contributed by atoms with van der Waals surface area (Å²) in [6.07, 6.45) is 6.00. The predicted molar refractivity (Wildman–Crippen MR) is 99.5 cm³/mol. The molecule has 1 N–H and O–H groups in total. The Labute approximate surface area is 148 Å². The number of hydrogen-bond acceptors (Lipinski definition) is 3. The number of aryl methyl sites for hydroxylation is 2. The number of anilines is 1. The van der Waals surface area contributed by atoms with Crippen molar-refractivity contribution in [1.82, 2.24) is 0 Å². The van der Waals surface area contributed by atoms with Crippen molar-refractivity contribution in [3.8, 4) is 11.5 Å². The SMILES string of the molecule is C=CCc1ccc(OCC(=O)Nc2ccc3c(c2)CCC3)c(OC)c1. The number of methoxy groups -OCH3 is 1. The van der Waals surface area contributed by atoms with Gasteiger partial charge in [-0.15, -0.1) is 6.58 Å². The standard InChI is InChI=1S/C21H23NO3/c1-3-5-15-8-11-19(20(12-15)24-2)25-14-21(23)22-18-10-9-16-6-4-7-17(16)13-18/h3,8-13H,1,4-7,14H2,2H3,(H,22,23). The van der Waals surface area contributed by atoms with Crippen LogP contribution in [0.1, 0.15) is 23.1 Å². The van der Waals surface area contributed by atoms with E-state index in [4.69, 9.17) is 9.47 Å². The third-order valence-electron chi connectivity index (χ3n) is 4.35. The molecular formula is C21H23NO3.